The lowest BCUT2D eigenvalue weighted by Gasteiger charge is -2.06. The van der Waals surface area contributed by atoms with E-state index in [1.165, 1.54) is 6.21 Å². The van der Waals surface area contributed by atoms with Gasteiger partial charge in [0.25, 0.3) is 5.91 Å². The van der Waals surface area contributed by atoms with E-state index >= 15 is 0 Å². The number of aliphatic carboxylic acids is 1. The van der Waals surface area contributed by atoms with Crippen molar-refractivity contribution in [3.63, 3.8) is 0 Å². The van der Waals surface area contributed by atoms with Crippen LogP contribution in [0.3, 0.4) is 0 Å². The quantitative estimate of drug-likeness (QED) is 0.543. The summed E-state index contributed by atoms with van der Waals surface area (Å²) in [5.41, 5.74) is 3.73. The Labute approximate surface area is 149 Å². The highest BCUT2D eigenvalue weighted by Crippen LogP contribution is 2.15. The van der Waals surface area contributed by atoms with Crippen LogP contribution in [0.2, 0.25) is 0 Å². The Balaban J connectivity index is 1.60. The van der Waals surface area contributed by atoms with Crippen molar-refractivity contribution in [3.05, 3.63) is 77.9 Å². The number of nitrogens with one attached hydrogen (secondary N) is 1. The summed E-state index contributed by atoms with van der Waals surface area (Å²) in [6, 6.07) is 19.8. The van der Waals surface area contributed by atoms with Crippen LogP contribution in [0, 0.1) is 0 Å². The maximum atomic E-state index is 12.2. The first-order chi connectivity index (χ1) is 12.6. The molecular weight excluding hydrogens is 332 g/mol. The largest absolute Gasteiger partial charge is 0.546 e. The van der Waals surface area contributed by atoms with E-state index in [0.29, 0.717) is 11.3 Å². The second kappa shape index (κ2) is 7.94. The van der Waals surface area contributed by atoms with Crippen molar-refractivity contribution in [3.8, 4) is 5.75 Å². The molecule has 3 rings (SSSR count). The molecule has 0 saturated heterocycles. The summed E-state index contributed by atoms with van der Waals surface area (Å²) in [4.78, 5) is 22.5. The predicted molar refractivity (Wildman–Crippen MR) is 96.0 cm³/mol. The minimum atomic E-state index is -1.29. The first kappa shape index (κ1) is 17.2. The normalized spacial score (nSPS) is 10.8. The van der Waals surface area contributed by atoms with E-state index in [0.717, 1.165) is 16.3 Å². The zero-order valence-corrected chi connectivity index (χ0v) is 13.7. The third-order valence-corrected chi connectivity index (χ3v) is 3.63. The average Bonchev–Trinajstić information content (AvgIpc) is 2.67. The fraction of sp³-hybridized carbons (Fsp3) is 0.0500. The Morgan fingerprint density at radius 1 is 1.00 bits per heavy atom. The predicted octanol–water partition coefficient (Wildman–Crippen LogP) is 1.73. The van der Waals surface area contributed by atoms with Crippen molar-refractivity contribution < 1.29 is 19.4 Å². The molecule has 0 aliphatic rings. The number of hydrogen-bond acceptors (Lipinski definition) is 5. The Kier molecular flexibility index (Phi) is 5.24. The Hall–Kier alpha value is -3.67. The van der Waals surface area contributed by atoms with Crippen LogP contribution >= 0.6 is 0 Å². The lowest BCUT2D eigenvalue weighted by atomic mass is 10.1. The summed E-state index contributed by atoms with van der Waals surface area (Å²) in [6.45, 7) is -0.505. The van der Waals surface area contributed by atoms with Crippen LogP contribution in [-0.2, 0) is 4.79 Å². The van der Waals surface area contributed by atoms with Gasteiger partial charge in [0.1, 0.15) is 12.4 Å². The fourth-order valence-corrected chi connectivity index (χ4v) is 2.35. The number of carbonyl (C=O) groups excluding carboxylic acids is 2. The van der Waals surface area contributed by atoms with Gasteiger partial charge in [0.2, 0.25) is 0 Å². The smallest absolute Gasteiger partial charge is 0.271 e. The zero-order valence-electron chi connectivity index (χ0n) is 13.7. The average molecular weight is 347 g/mol. The molecule has 0 aliphatic carbocycles. The van der Waals surface area contributed by atoms with Crippen LogP contribution in [0.4, 0.5) is 0 Å². The Morgan fingerprint density at radius 3 is 2.46 bits per heavy atom. The molecular formula is C20H15N2O4-. The molecule has 0 spiro atoms. The highest BCUT2D eigenvalue weighted by Gasteiger charge is 2.04. The number of carbonyl (C=O) groups is 2. The minimum Gasteiger partial charge on any atom is -0.546 e. The molecule has 1 amide bonds. The standard InChI is InChI=1S/C20H16N2O4/c23-19(24)13-26-18-9-5-14(6-10-18)12-21-22-20(25)17-8-7-15-3-1-2-4-16(15)11-17/h1-12H,13H2,(H,22,25)(H,23,24)/p-1/b21-12-. The van der Waals surface area contributed by atoms with E-state index in [2.05, 4.69) is 10.5 Å². The SMILES string of the molecule is O=C([O-])COc1ccc(/C=N\NC(=O)c2ccc3ccccc3c2)cc1. The fourth-order valence-electron chi connectivity index (χ4n) is 2.35. The van der Waals surface area contributed by atoms with Crippen molar-refractivity contribution in [2.24, 2.45) is 5.10 Å². The molecule has 130 valence electrons. The van der Waals surface area contributed by atoms with Gasteiger partial charge in [-0.2, -0.15) is 5.10 Å². The maximum absolute atomic E-state index is 12.2. The van der Waals surface area contributed by atoms with Gasteiger partial charge in [0.15, 0.2) is 0 Å². The van der Waals surface area contributed by atoms with E-state index < -0.39 is 12.6 Å². The summed E-state index contributed by atoms with van der Waals surface area (Å²) < 4.78 is 4.98. The first-order valence-electron chi connectivity index (χ1n) is 7.87. The van der Waals surface area contributed by atoms with Crippen molar-refractivity contribution in [2.75, 3.05) is 6.61 Å². The van der Waals surface area contributed by atoms with Crippen molar-refractivity contribution in [1.82, 2.24) is 5.43 Å². The molecule has 26 heavy (non-hydrogen) atoms. The summed E-state index contributed by atoms with van der Waals surface area (Å²) in [7, 11) is 0. The van der Waals surface area contributed by atoms with Crippen molar-refractivity contribution >= 4 is 28.9 Å². The third kappa shape index (κ3) is 4.45. The Bertz CT molecular complexity index is 965. The maximum Gasteiger partial charge on any atom is 0.271 e. The van der Waals surface area contributed by atoms with Crippen LogP contribution in [0.25, 0.3) is 10.8 Å². The Morgan fingerprint density at radius 2 is 1.73 bits per heavy atom. The van der Waals surface area contributed by atoms with Crippen molar-refractivity contribution in [2.45, 2.75) is 0 Å². The lowest BCUT2D eigenvalue weighted by Crippen LogP contribution is -2.28. The van der Waals surface area contributed by atoms with Crippen LogP contribution in [0.15, 0.2) is 71.8 Å². The number of hydrazone groups is 1. The molecule has 3 aromatic carbocycles. The van der Waals surface area contributed by atoms with Gasteiger partial charge in [0.05, 0.1) is 12.2 Å². The summed E-state index contributed by atoms with van der Waals surface area (Å²) in [6.07, 6.45) is 1.49. The first-order valence-corrected chi connectivity index (χ1v) is 7.87. The molecule has 0 atom stereocenters. The molecule has 0 unspecified atom stereocenters. The molecule has 1 N–H and O–H groups in total. The number of amides is 1. The van der Waals surface area contributed by atoms with E-state index in [1.54, 1.807) is 30.3 Å². The monoisotopic (exact) mass is 347 g/mol. The highest BCUT2D eigenvalue weighted by atomic mass is 16.5. The van der Waals surface area contributed by atoms with Gasteiger partial charge in [-0.05, 0) is 52.7 Å². The van der Waals surface area contributed by atoms with Crippen molar-refractivity contribution in [1.29, 1.82) is 0 Å². The number of ether oxygens (including phenoxy) is 1. The topological polar surface area (TPSA) is 90.8 Å². The van der Waals surface area contributed by atoms with Crippen LogP contribution in [0.5, 0.6) is 5.75 Å². The van der Waals surface area contributed by atoms with E-state index in [-0.39, 0.29) is 5.91 Å². The number of fused-ring (bicyclic) bond motifs is 1. The van der Waals surface area contributed by atoms with Gasteiger partial charge in [-0.3, -0.25) is 4.79 Å². The lowest BCUT2D eigenvalue weighted by molar-refractivity contribution is -0.307. The van der Waals surface area contributed by atoms with E-state index in [1.807, 2.05) is 36.4 Å². The second-order valence-electron chi connectivity index (χ2n) is 5.49. The van der Waals surface area contributed by atoms with Gasteiger partial charge >= 0.3 is 0 Å². The molecule has 3 aromatic rings. The molecule has 6 nitrogen and oxygen atoms in total. The number of benzene rings is 3. The summed E-state index contributed by atoms with van der Waals surface area (Å²) in [5.74, 6) is -1.18. The van der Waals surface area contributed by atoms with E-state index in [4.69, 9.17) is 4.74 Å². The molecule has 0 radical (unpaired) electrons. The molecule has 0 heterocycles. The second-order valence-corrected chi connectivity index (χ2v) is 5.49. The van der Waals surface area contributed by atoms with Crippen LogP contribution in [0.1, 0.15) is 15.9 Å². The van der Waals surface area contributed by atoms with E-state index in [9.17, 15) is 14.7 Å². The zero-order chi connectivity index (χ0) is 18.4. The molecule has 6 heteroatoms. The highest BCUT2D eigenvalue weighted by molar-refractivity contribution is 5.98. The number of carboxylic acid groups (broad SMARTS) is 1. The molecule has 0 bridgehead atoms. The van der Waals surface area contributed by atoms with Gasteiger partial charge in [-0.15, -0.1) is 0 Å². The van der Waals surface area contributed by atoms with Crippen LogP contribution < -0.4 is 15.3 Å². The number of rotatable bonds is 6. The summed E-state index contributed by atoms with van der Waals surface area (Å²) in [5, 5.41) is 16.3. The van der Waals surface area contributed by atoms with Gasteiger partial charge in [0, 0.05) is 5.56 Å². The molecule has 0 aromatic heterocycles. The number of carboxylic acids is 1. The van der Waals surface area contributed by atoms with Gasteiger partial charge < -0.3 is 14.6 Å². The van der Waals surface area contributed by atoms with Gasteiger partial charge in [-0.1, -0.05) is 30.3 Å². The molecule has 0 saturated carbocycles. The minimum absolute atomic E-state index is 0.305. The number of nitrogens with zero attached hydrogens (tertiary/aromatic N) is 1. The molecule has 0 fully saturated rings. The summed E-state index contributed by atoms with van der Waals surface area (Å²) >= 11 is 0. The number of hydrogen-bond donors (Lipinski definition) is 1. The van der Waals surface area contributed by atoms with Crippen LogP contribution in [-0.4, -0.2) is 24.7 Å². The third-order valence-electron chi connectivity index (χ3n) is 3.63. The van der Waals surface area contributed by atoms with Gasteiger partial charge in [-0.25, -0.2) is 5.43 Å². The molecule has 0 aliphatic heterocycles.